The van der Waals surface area contributed by atoms with Crippen molar-refractivity contribution in [2.75, 3.05) is 0 Å². The molecule has 0 aliphatic heterocycles. The molecule has 4 heteroatoms. The Morgan fingerprint density at radius 1 is 1.25 bits per heavy atom. The first kappa shape index (κ1) is 13.9. The van der Waals surface area contributed by atoms with Crippen LogP contribution in [0.4, 0.5) is 0 Å². The van der Waals surface area contributed by atoms with Gasteiger partial charge in [-0.05, 0) is 30.3 Å². The van der Waals surface area contributed by atoms with E-state index in [0.717, 1.165) is 17.1 Å². The molecule has 0 bridgehead atoms. The third-order valence-corrected chi connectivity index (χ3v) is 8.19. The lowest BCUT2D eigenvalue weighted by atomic mass is 10.2. The molecule has 1 rings (SSSR count). The zero-order valence-corrected chi connectivity index (χ0v) is 12.8. The fraction of sp³-hybridized carbons (Fsp3) is 0.667. The molecule has 0 unspecified atom stereocenters. The minimum Gasteiger partial charge on any atom is -0.411 e. The Morgan fingerprint density at radius 2 is 1.81 bits per heavy atom. The third kappa shape index (κ3) is 3.40. The van der Waals surface area contributed by atoms with E-state index in [4.69, 9.17) is 4.43 Å². The fourth-order valence-electron chi connectivity index (χ4n) is 1.14. The summed E-state index contributed by atoms with van der Waals surface area (Å²) in [4.78, 5) is 3.31. The first-order valence-corrected chi connectivity index (χ1v) is 9.22. The lowest BCUT2D eigenvalue weighted by Crippen LogP contribution is -2.40. The van der Waals surface area contributed by atoms with E-state index in [0.29, 0.717) is 6.61 Å². The van der Waals surface area contributed by atoms with E-state index in [1.54, 1.807) is 0 Å². The Bertz CT molecular complexity index is 341. The molecule has 0 aliphatic rings. The molecule has 0 aliphatic carbocycles. The Balaban J connectivity index is 2.57. The molecule has 1 N–H and O–H groups in total. The molecule has 0 aromatic carbocycles. The van der Waals surface area contributed by atoms with Crippen molar-refractivity contribution in [2.45, 2.75) is 51.3 Å². The van der Waals surface area contributed by atoms with Crippen molar-refractivity contribution in [3.8, 4) is 0 Å². The van der Waals surface area contributed by atoms with Gasteiger partial charge < -0.3 is 9.41 Å². The summed E-state index contributed by atoms with van der Waals surface area (Å²) < 4.78 is 6.12. The van der Waals surface area contributed by atoms with Gasteiger partial charge in [0.25, 0.3) is 0 Å². The summed E-state index contributed by atoms with van der Waals surface area (Å²) in [5.74, 6) is 0.750. The van der Waals surface area contributed by atoms with Crippen LogP contribution in [0.1, 0.15) is 32.2 Å². The van der Waals surface area contributed by atoms with E-state index < -0.39 is 8.32 Å². The van der Waals surface area contributed by atoms with Crippen molar-refractivity contribution in [3.05, 3.63) is 23.5 Å². The van der Waals surface area contributed by atoms with E-state index in [-0.39, 0.29) is 5.04 Å². The summed E-state index contributed by atoms with van der Waals surface area (Å²) >= 11 is 4.23. The van der Waals surface area contributed by atoms with Crippen LogP contribution in [0.25, 0.3) is 0 Å². The quantitative estimate of drug-likeness (QED) is 0.619. The van der Waals surface area contributed by atoms with Crippen LogP contribution in [0.3, 0.4) is 0 Å². The highest BCUT2D eigenvalue weighted by Gasteiger charge is 2.37. The predicted octanol–water partition coefficient (Wildman–Crippen LogP) is 3.97. The van der Waals surface area contributed by atoms with Gasteiger partial charge in [-0.25, -0.2) is 0 Å². The maximum Gasteiger partial charge on any atom is 0.192 e. The molecule has 1 heterocycles. The largest absolute Gasteiger partial charge is 0.411 e. The van der Waals surface area contributed by atoms with E-state index in [1.165, 1.54) is 0 Å². The first-order valence-electron chi connectivity index (χ1n) is 5.68. The van der Waals surface area contributed by atoms with Gasteiger partial charge in [0.05, 0.1) is 6.61 Å². The van der Waals surface area contributed by atoms with Crippen LogP contribution in [0.2, 0.25) is 18.1 Å². The van der Waals surface area contributed by atoms with Crippen LogP contribution >= 0.6 is 12.6 Å². The highest BCUT2D eigenvalue weighted by molar-refractivity contribution is 7.79. The van der Waals surface area contributed by atoms with Gasteiger partial charge in [-0.1, -0.05) is 20.8 Å². The molecule has 0 radical (unpaired) electrons. The number of H-pyrrole nitrogens is 1. The van der Waals surface area contributed by atoms with Crippen LogP contribution in [0, 0.1) is 0 Å². The van der Waals surface area contributed by atoms with Crippen LogP contribution in [-0.2, 0) is 16.8 Å². The lowest BCUT2D eigenvalue weighted by Gasteiger charge is -2.36. The number of thiol groups is 1. The summed E-state index contributed by atoms with van der Waals surface area (Å²) in [7, 11) is -1.63. The van der Waals surface area contributed by atoms with Crippen molar-refractivity contribution in [3.63, 3.8) is 0 Å². The average molecular weight is 257 g/mol. The SMILES string of the molecule is CC(C)(C)[Si](C)(C)OCc1ccc(CS)[nH]1. The van der Waals surface area contributed by atoms with Crippen LogP contribution in [0.15, 0.2) is 12.1 Å². The minimum absolute atomic E-state index is 0.270. The molecular formula is C12H23NOSSi. The van der Waals surface area contributed by atoms with Gasteiger partial charge in [-0.3, -0.25) is 0 Å². The fourth-order valence-corrected chi connectivity index (χ4v) is 2.28. The second kappa shape index (κ2) is 4.98. The van der Waals surface area contributed by atoms with Crippen molar-refractivity contribution >= 4 is 20.9 Å². The smallest absolute Gasteiger partial charge is 0.192 e. The van der Waals surface area contributed by atoms with Gasteiger partial charge in [-0.15, -0.1) is 0 Å². The van der Waals surface area contributed by atoms with Gasteiger partial charge in [0.2, 0.25) is 0 Å². The van der Waals surface area contributed by atoms with Crippen LogP contribution in [-0.4, -0.2) is 13.3 Å². The van der Waals surface area contributed by atoms with Gasteiger partial charge in [0, 0.05) is 17.1 Å². The van der Waals surface area contributed by atoms with E-state index >= 15 is 0 Å². The molecule has 1 aromatic heterocycles. The summed E-state index contributed by atoms with van der Waals surface area (Å²) in [5.41, 5.74) is 2.30. The molecule has 0 fully saturated rings. The van der Waals surface area contributed by atoms with E-state index in [9.17, 15) is 0 Å². The third-order valence-electron chi connectivity index (χ3n) is 3.37. The molecule has 1 aromatic rings. The molecule has 2 nitrogen and oxygen atoms in total. The van der Waals surface area contributed by atoms with E-state index in [1.807, 2.05) is 0 Å². The topological polar surface area (TPSA) is 25.0 Å². The zero-order valence-electron chi connectivity index (χ0n) is 10.9. The van der Waals surface area contributed by atoms with Gasteiger partial charge in [-0.2, -0.15) is 12.6 Å². The van der Waals surface area contributed by atoms with Crippen molar-refractivity contribution in [2.24, 2.45) is 0 Å². The standard InChI is InChI=1S/C12H23NOSSi/c1-12(2,3)16(4,5)14-8-10-6-7-11(9-15)13-10/h6-7,13,15H,8-9H2,1-5H3. The van der Waals surface area contributed by atoms with Crippen molar-refractivity contribution in [1.29, 1.82) is 0 Å². The van der Waals surface area contributed by atoms with Gasteiger partial charge in [0.15, 0.2) is 8.32 Å². The number of hydrogen-bond donors (Lipinski definition) is 2. The minimum atomic E-state index is -1.63. The summed E-state index contributed by atoms with van der Waals surface area (Å²) in [6, 6.07) is 4.15. The monoisotopic (exact) mass is 257 g/mol. The van der Waals surface area contributed by atoms with Crippen LogP contribution in [0.5, 0.6) is 0 Å². The predicted molar refractivity (Wildman–Crippen MR) is 75.5 cm³/mol. The average Bonchev–Trinajstić information content (AvgIpc) is 2.60. The summed E-state index contributed by atoms with van der Waals surface area (Å²) in [6.07, 6.45) is 0. The summed E-state index contributed by atoms with van der Waals surface area (Å²) in [5, 5.41) is 0.270. The molecule has 0 amide bonds. The molecule has 92 valence electrons. The van der Waals surface area contributed by atoms with Crippen molar-refractivity contribution < 1.29 is 4.43 Å². The highest BCUT2D eigenvalue weighted by Crippen LogP contribution is 2.36. The maximum absolute atomic E-state index is 6.12. The maximum atomic E-state index is 6.12. The van der Waals surface area contributed by atoms with Gasteiger partial charge >= 0.3 is 0 Å². The number of aromatic nitrogens is 1. The molecule has 0 saturated carbocycles. The Labute approximate surface area is 105 Å². The molecule has 0 atom stereocenters. The number of aromatic amines is 1. The van der Waals surface area contributed by atoms with Gasteiger partial charge in [0.1, 0.15) is 0 Å². The Hall–Kier alpha value is -0.193. The number of rotatable bonds is 4. The molecule has 16 heavy (non-hydrogen) atoms. The number of nitrogens with one attached hydrogen (secondary N) is 1. The summed E-state index contributed by atoms with van der Waals surface area (Å²) in [6.45, 7) is 12.0. The highest BCUT2D eigenvalue weighted by atomic mass is 32.1. The first-order chi connectivity index (χ1) is 7.26. The second-order valence-electron chi connectivity index (χ2n) is 5.72. The number of hydrogen-bond acceptors (Lipinski definition) is 2. The molecule has 0 saturated heterocycles. The second-order valence-corrected chi connectivity index (χ2v) is 10.8. The molecular weight excluding hydrogens is 234 g/mol. The zero-order chi connectivity index (χ0) is 12.4. The van der Waals surface area contributed by atoms with E-state index in [2.05, 4.69) is 63.6 Å². The molecule has 0 spiro atoms. The Morgan fingerprint density at radius 3 is 2.25 bits per heavy atom. The Kier molecular flexibility index (Phi) is 4.32. The lowest BCUT2D eigenvalue weighted by molar-refractivity contribution is 0.272. The van der Waals surface area contributed by atoms with Crippen LogP contribution < -0.4 is 0 Å². The van der Waals surface area contributed by atoms with Crippen molar-refractivity contribution in [1.82, 2.24) is 4.98 Å². The normalized spacial score (nSPS) is 13.1.